The van der Waals surface area contributed by atoms with Crippen LogP contribution in [0.4, 0.5) is 0 Å². The van der Waals surface area contributed by atoms with Gasteiger partial charge in [0, 0.05) is 24.7 Å². The summed E-state index contributed by atoms with van der Waals surface area (Å²) < 4.78 is 11.4. The minimum atomic E-state index is -0.255. The third-order valence-electron chi connectivity index (χ3n) is 6.19. The molecule has 6 nitrogen and oxygen atoms in total. The van der Waals surface area contributed by atoms with Gasteiger partial charge in [-0.3, -0.25) is 9.69 Å². The number of aryl methyl sites for hydroxylation is 2. The van der Waals surface area contributed by atoms with E-state index in [1.807, 2.05) is 13.8 Å². The molecule has 3 heterocycles. The molecule has 1 aromatic heterocycles. The van der Waals surface area contributed by atoms with E-state index >= 15 is 0 Å². The molecule has 1 N–H and O–H groups in total. The topological polar surface area (TPSA) is 67.6 Å². The molecule has 4 rings (SSSR count). The number of nitrogens with one attached hydrogen (secondary N) is 1. The van der Waals surface area contributed by atoms with E-state index in [-0.39, 0.29) is 18.1 Å². The minimum absolute atomic E-state index is 0.110. The van der Waals surface area contributed by atoms with E-state index in [4.69, 9.17) is 9.26 Å². The number of piperidine rings is 1. The Morgan fingerprint density at radius 1 is 1.28 bits per heavy atom. The summed E-state index contributed by atoms with van der Waals surface area (Å²) in [5.41, 5.74) is 2.16. The van der Waals surface area contributed by atoms with Crippen LogP contribution in [0.15, 0.2) is 4.52 Å². The first-order chi connectivity index (χ1) is 12.1. The summed E-state index contributed by atoms with van der Waals surface area (Å²) in [7, 11) is 0. The van der Waals surface area contributed by atoms with Crippen molar-refractivity contribution >= 4 is 5.91 Å². The van der Waals surface area contributed by atoms with Crippen LogP contribution in [-0.2, 0) is 16.1 Å². The number of likely N-dealkylation sites (tertiary alicyclic amines) is 1. The first-order valence-electron chi connectivity index (χ1n) is 9.70. The maximum absolute atomic E-state index is 12.5. The largest absolute Gasteiger partial charge is 0.364 e. The Labute approximate surface area is 149 Å². The summed E-state index contributed by atoms with van der Waals surface area (Å²) in [5.74, 6) is 1.53. The Morgan fingerprint density at radius 2 is 2.08 bits per heavy atom. The highest BCUT2D eigenvalue weighted by Gasteiger charge is 2.42. The second-order valence-corrected chi connectivity index (χ2v) is 7.98. The summed E-state index contributed by atoms with van der Waals surface area (Å²) in [6.07, 6.45) is 6.61. The molecule has 1 aromatic rings. The molecular weight excluding hydrogens is 318 g/mol. The molecule has 0 radical (unpaired) electrons. The van der Waals surface area contributed by atoms with Crippen LogP contribution in [0, 0.1) is 19.8 Å². The maximum atomic E-state index is 12.5. The normalized spacial score (nSPS) is 30.6. The second kappa shape index (κ2) is 7.08. The predicted molar refractivity (Wildman–Crippen MR) is 93.0 cm³/mol. The lowest BCUT2D eigenvalue weighted by Crippen LogP contribution is -2.42. The van der Waals surface area contributed by atoms with Crippen LogP contribution in [0.5, 0.6) is 0 Å². The standard InChI is InChI=1S/C19H29N3O3/c1-12-16(13(2)25-21-12)10-22-8-7-14-9-17(24-18(14)11-22)19(23)20-15-5-3-4-6-15/h14-15,17-18H,3-11H2,1-2H3,(H,20,23)/t14-,17-,18+/m1/s1. The van der Waals surface area contributed by atoms with Gasteiger partial charge in [0.05, 0.1) is 11.8 Å². The van der Waals surface area contributed by atoms with E-state index in [1.165, 1.54) is 18.4 Å². The minimum Gasteiger partial charge on any atom is -0.364 e. The summed E-state index contributed by atoms with van der Waals surface area (Å²) in [5, 5.41) is 7.24. The van der Waals surface area contributed by atoms with Crippen molar-refractivity contribution in [1.29, 1.82) is 0 Å². The van der Waals surface area contributed by atoms with Crippen molar-refractivity contribution in [3.63, 3.8) is 0 Å². The third kappa shape index (κ3) is 3.60. The van der Waals surface area contributed by atoms with Crippen molar-refractivity contribution in [3.8, 4) is 0 Å². The number of aromatic nitrogens is 1. The van der Waals surface area contributed by atoms with Gasteiger partial charge in [0.1, 0.15) is 11.9 Å². The SMILES string of the molecule is Cc1noc(C)c1CN1CC[C@@H]2C[C@H](C(=O)NC3CCCC3)O[C@H]2C1. The third-order valence-corrected chi connectivity index (χ3v) is 6.19. The second-order valence-electron chi connectivity index (χ2n) is 7.98. The fraction of sp³-hybridized carbons (Fsp3) is 0.789. The molecule has 2 aliphatic heterocycles. The average Bonchev–Trinajstić information content (AvgIpc) is 3.31. The Bertz CT molecular complexity index is 604. The molecular formula is C19H29N3O3. The zero-order valence-corrected chi connectivity index (χ0v) is 15.3. The highest BCUT2D eigenvalue weighted by Crippen LogP contribution is 2.34. The fourth-order valence-corrected chi connectivity index (χ4v) is 4.62. The lowest BCUT2D eigenvalue weighted by molar-refractivity contribution is -0.133. The molecule has 0 aromatic carbocycles. The molecule has 6 heteroatoms. The summed E-state index contributed by atoms with van der Waals surface area (Å²) in [6, 6.07) is 0.370. The van der Waals surface area contributed by atoms with Gasteiger partial charge in [-0.1, -0.05) is 18.0 Å². The predicted octanol–water partition coefficient (Wildman–Crippen LogP) is 2.33. The quantitative estimate of drug-likeness (QED) is 0.905. The number of hydrogen-bond acceptors (Lipinski definition) is 5. The molecule has 1 saturated carbocycles. The van der Waals surface area contributed by atoms with E-state index in [1.54, 1.807) is 0 Å². The van der Waals surface area contributed by atoms with E-state index in [0.717, 1.165) is 56.8 Å². The number of hydrogen-bond donors (Lipinski definition) is 1. The molecule has 25 heavy (non-hydrogen) atoms. The van der Waals surface area contributed by atoms with Crippen LogP contribution in [0.1, 0.15) is 55.5 Å². The molecule has 3 aliphatic rings. The summed E-state index contributed by atoms with van der Waals surface area (Å²) in [6.45, 7) is 6.76. The van der Waals surface area contributed by atoms with Crippen molar-refractivity contribution in [2.45, 2.75) is 77.2 Å². The molecule has 0 spiro atoms. The number of amides is 1. The van der Waals surface area contributed by atoms with Crippen molar-refractivity contribution in [1.82, 2.24) is 15.4 Å². The Hall–Kier alpha value is -1.40. The number of nitrogens with zero attached hydrogens (tertiary/aromatic N) is 2. The van der Waals surface area contributed by atoms with Gasteiger partial charge in [-0.05, 0) is 52.0 Å². The number of carbonyl (C=O) groups excluding carboxylic acids is 1. The monoisotopic (exact) mass is 347 g/mol. The van der Waals surface area contributed by atoms with Crippen molar-refractivity contribution in [2.75, 3.05) is 13.1 Å². The van der Waals surface area contributed by atoms with Gasteiger partial charge in [0.15, 0.2) is 0 Å². The summed E-state index contributed by atoms with van der Waals surface area (Å²) in [4.78, 5) is 14.9. The number of carbonyl (C=O) groups is 1. The molecule has 1 amide bonds. The van der Waals surface area contributed by atoms with Gasteiger partial charge >= 0.3 is 0 Å². The molecule has 1 aliphatic carbocycles. The van der Waals surface area contributed by atoms with Crippen LogP contribution < -0.4 is 5.32 Å². The van der Waals surface area contributed by atoms with Crippen LogP contribution in [0.2, 0.25) is 0 Å². The van der Waals surface area contributed by atoms with E-state index in [0.29, 0.717) is 12.0 Å². The van der Waals surface area contributed by atoms with Gasteiger partial charge < -0.3 is 14.6 Å². The van der Waals surface area contributed by atoms with Gasteiger partial charge in [0.2, 0.25) is 5.91 Å². The van der Waals surface area contributed by atoms with Crippen molar-refractivity contribution in [2.24, 2.45) is 5.92 Å². The van der Waals surface area contributed by atoms with E-state index < -0.39 is 0 Å². The number of fused-ring (bicyclic) bond motifs is 1. The van der Waals surface area contributed by atoms with Crippen molar-refractivity contribution < 1.29 is 14.1 Å². The maximum Gasteiger partial charge on any atom is 0.249 e. The molecule has 2 saturated heterocycles. The lowest BCUT2D eigenvalue weighted by Gasteiger charge is -2.33. The lowest BCUT2D eigenvalue weighted by atomic mass is 9.91. The molecule has 0 bridgehead atoms. The van der Waals surface area contributed by atoms with Gasteiger partial charge in [-0.2, -0.15) is 0 Å². The van der Waals surface area contributed by atoms with E-state index in [9.17, 15) is 4.79 Å². The fourth-order valence-electron chi connectivity index (χ4n) is 4.62. The van der Waals surface area contributed by atoms with Crippen molar-refractivity contribution in [3.05, 3.63) is 17.0 Å². The Balaban J connectivity index is 1.32. The Morgan fingerprint density at radius 3 is 2.80 bits per heavy atom. The van der Waals surface area contributed by atoms with Crippen LogP contribution in [0.3, 0.4) is 0 Å². The first kappa shape index (κ1) is 17.0. The van der Waals surface area contributed by atoms with Crippen LogP contribution in [-0.4, -0.2) is 47.3 Å². The molecule has 3 fully saturated rings. The Kier molecular flexibility index (Phi) is 4.82. The van der Waals surface area contributed by atoms with Gasteiger partial charge in [-0.25, -0.2) is 0 Å². The summed E-state index contributed by atoms with van der Waals surface area (Å²) >= 11 is 0. The van der Waals surface area contributed by atoms with Gasteiger partial charge in [0.25, 0.3) is 0 Å². The van der Waals surface area contributed by atoms with Crippen LogP contribution in [0.25, 0.3) is 0 Å². The smallest absolute Gasteiger partial charge is 0.249 e. The van der Waals surface area contributed by atoms with Gasteiger partial charge in [-0.15, -0.1) is 0 Å². The molecule has 138 valence electrons. The zero-order chi connectivity index (χ0) is 17.4. The number of ether oxygens (including phenoxy) is 1. The van der Waals surface area contributed by atoms with E-state index in [2.05, 4.69) is 15.4 Å². The highest BCUT2D eigenvalue weighted by atomic mass is 16.5. The average molecular weight is 347 g/mol. The zero-order valence-electron chi connectivity index (χ0n) is 15.3. The molecule has 3 atom stereocenters. The number of rotatable bonds is 4. The first-order valence-corrected chi connectivity index (χ1v) is 9.70. The van der Waals surface area contributed by atoms with Crippen LogP contribution >= 0.6 is 0 Å². The molecule has 0 unspecified atom stereocenters. The highest BCUT2D eigenvalue weighted by molar-refractivity contribution is 5.81.